The molecule has 2 aliphatic rings. The van der Waals surface area contributed by atoms with Crippen LogP contribution in [0.3, 0.4) is 0 Å². The van der Waals surface area contributed by atoms with E-state index < -0.39 is 19.9 Å². The zero-order chi connectivity index (χ0) is 16.0. The highest BCUT2D eigenvalue weighted by atomic mass is 32.2. The molecule has 0 unspecified atom stereocenters. The molecule has 1 aromatic rings. The fourth-order valence-corrected chi connectivity index (χ4v) is 6.25. The summed E-state index contributed by atoms with van der Waals surface area (Å²) in [5.41, 5.74) is 0.637. The molecule has 2 heterocycles. The van der Waals surface area contributed by atoms with Crippen LogP contribution in [0.2, 0.25) is 0 Å². The van der Waals surface area contributed by atoms with Crippen molar-refractivity contribution in [1.82, 2.24) is 4.31 Å². The van der Waals surface area contributed by atoms with Gasteiger partial charge in [-0.05, 0) is 55.4 Å². The number of aryl methyl sites for hydroxylation is 1. The maximum absolute atomic E-state index is 12.7. The summed E-state index contributed by atoms with van der Waals surface area (Å²) >= 11 is 0. The van der Waals surface area contributed by atoms with Gasteiger partial charge >= 0.3 is 0 Å². The van der Waals surface area contributed by atoms with Gasteiger partial charge in [-0.3, -0.25) is 0 Å². The number of fused-ring (bicyclic) bond motifs is 1. The Kier molecular flexibility index (Phi) is 4.07. The molecule has 7 heteroatoms. The Bertz CT molecular complexity index is 776. The van der Waals surface area contributed by atoms with Crippen LogP contribution in [0.15, 0.2) is 28.0 Å². The van der Waals surface area contributed by atoms with Gasteiger partial charge in [0.25, 0.3) is 0 Å². The molecule has 0 aromatic heterocycles. The SMILES string of the molecule is CC1CCN(S(=O)(=O)c2ccc3c(c2)CCCS3(=O)=O)CC1. The van der Waals surface area contributed by atoms with Crippen molar-refractivity contribution in [2.75, 3.05) is 18.8 Å². The van der Waals surface area contributed by atoms with Crippen LogP contribution < -0.4 is 0 Å². The van der Waals surface area contributed by atoms with Crippen molar-refractivity contribution in [3.8, 4) is 0 Å². The van der Waals surface area contributed by atoms with Crippen molar-refractivity contribution in [3.63, 3.8) is 0 Å². The van der Waals surface area contributed by atoms with Crippen LogP contribution in [0.1, 0.15) is 31.7 Å². The second kappa shape index (κ2) is 5.62. The summed E-state index contributed by atoms with van der Waals surface area (Å²) in [5, 5.41) is 0. The Labute approximate surface area is 132 Å². The number of nitrogens with zero attached hydrogens (tertiary/aromatic N) is 1. The van der Waals surface area contributed by atoms with Crippen molar-refractivity contribution in [2.24, 2.45) is 5.92 Å². The molecule has 122 valence electrons. The van der Waals surface area contributed by atoms with Crippen LogP contribution in [0, 0.1) is 5.92 Å². The summed E-state index contributed by atoms with van der Waals surface area (Å²) in [6.07, 6.45) is 2.92. The zero-order valence-corrected chi connectivity index (χ0v) is 14.3. The first-order valence-corrected chi connectivity index (χ1v) is 10.8. The van der Waals surface area contributed by atoms with E-state index in [1.165, 1.54) is 16.4 Å². The van der Waals surface area contributed by atoms with Crippen LogP contribution in [0.5, 0.6) is 0 Å². The van der Waals surface area contributed by atoms with Crippen molar-refractivity contribution < 1.29 is 16.8 Å². The number of sulfonamides is 1. The maximum Gasteiger partial charge on any atom is 0.243 e. The normalized spacial score (nSPS) is 23.1. The van der Waals surface area contributed by atoms with E-state index in [2.05, 4.69) is 6.92 Å². The summed E-state index contributed by atoms with van der Waals surface area (Å²) in [5.74, 6) is 0.705. The summed E-state index contributed by atoms with van der Waals surface area (Å²) in [6.45, 7) is 3.21. The lowest BCUT2D eigenvalue weighted by Gasteiger charge is -2.29. The van der Waals surface area contributed by atoms with Gasteiger partial charge in [0.05, 0.1) is 15.5 Å². The number of hydrogen-bond donors (Lipinski definition) is 0. The summed E-state index contributed by atoms with van der Waals surface area (Å²) < 4.78 is 51.0. The zero-order valence-electron chi connectivity index (χ0n) is 12.7. The lowest BCUT2D eigenvalue weighted by Crippen LogP contribution is -2.38. The maximum atomic E-state index is 12.7. The molecule has 2 aliphatic heterocycles. The molecule has 0 amide bonds. The predicted molar refractivity (Wildman–Crippen MR) is 84.0 cm³/mol. The molecule has 5 nitrogen and oxygen atoms in total. The van der Waals surface area contributed by atoms with E-state index >= 15 is 0 Å². The standard InChI is InChI=1S/C15H21NO4S2/c1-12-6-8-16(9-7-12)22(19,20)14-4-5-15-13(11-14)3-2-10-21(15,17)18/h4-5,11-12H,2-3,6-10H2,1H3. The third-order valence-electron chi connectivity index (χ3n) is 4.61. The second-order valence-electron chi connectivity index (χ2n) is 6.28. The van der Waals surface area contributed by atoms with Crippen molar-refractivity contribution in [2.45, 2.75) is 42.4 Å². The molecule has 0 atom stereocenters. The third kappa shape index (κ3) is 2.81. The van der Waals surface area contributed by atoms with Crippen molar-refractivity contribution in [1.29, 1.82) is 0 Å². The van der Waals surface area contributed by atoms with Crippen LogP contribution >= 0.6 is 0 Å². The van der Waals surface area contributed by atoms with Gasteiger partial charge in [0.15, 0.2) is 9.84 Å². The van der Waals surface area contributed by atoms with Crippen molar-refractivity contribution >= 4 is 19.9 Å². The molecule has 0 aliphatic carbocycles. The van der Waals surface area contributed by atoms with Gasteiger partial charge in [0, 0.05) is 13.1 Å². The first kappa shape index (κ1) is 16.0. The molecule has 1 aromatic carbocycles. The third-order valence-corrected chi connectivity index (χ3v) is 8.40. The molecule has 0 radical (unpaired) electrons. The van der Waals surface area contributed by atoms with Crippen LogP contribution in [0.25, 0.3) is 0 Å². The largest absolute Gasteiger partial charge is 0.243 e. The highest BCUT2D eigenvalue weighted by Gasteiger charge is 2.30. The lowest BCUT2D eigenvalue weighted by molar-refractivity contribution is 0.288. The Morgan fingerprint density at radius 2 is 1.86 bits per heavy atom. The molecular formula is C15H21NO4S2. The van der Waals surface area contributed by atoms with Gasteiger partial charge in [-0.15, -0.1) is 0 Å². The number of benzene rings is 1. The van der Waals surface area contributed by atoms with Crippen LogP contribution in [-0.2, 0) is 26.3 Å². The minimum absolute atomic E-state index is 0.149. The van der Waals surface area contributed by atoms with Gasteiger partial charge in [-0.25, -0.2) is 16.8 Å². The molecule has 3 rings (SSSR count). The van der Waals surface area contributed by atoms with Gasteiger partial charge in [0.2, 0.25) is 10.0 Å². The number of sulfone groups is 1. The lowest BCUT2D eigenvalue weighted by atomic mass is 10.0. The Balaban J connectivity index is 1.95. The first-order valence-electron chi connectivity index (χ1n) is 7.66. The van der Waals surface area contributed by atoms with Crippen molar-refractivity contribution in [3.05, 3.63) is 23.8 Å². The minimum Gasteiger partial charge on any atom is -0.224 e. The van der Waals surface area contributed by atoms with E-state index in [1.54, 1.807) is 6.07 Å². The summed E-state index contributed by atoms with van der Waals surface area (Å²) in [6, 6.07) is 4.46. The van der Waals surface area contributed by atoms with Crippen LogP contribution in [-0.4, -0.2) is 40.0 Å². The van der Waals surface area contributed by atoms with E-state index in [-0.39, 0.29) is 10.6 Å². The quantitative estimate of drug-likeness (QED) is 0.821. The molecular weight excluding hydrogens is 322 g/mol. The molecule has 22 heavy (non-hydrogen) atoms. The summed E-state index contributed by atoms with van der Waals surface area (Å²) in [7, 11) is -6.76. The van der Waals surface area contributed by atoms with Gasteiger partial charge < -0.3 is 0 Å². The average molecular weight is 343 g/mol. The van der Waals surface area contributed by atoms with Gasteiger partial charge in [0.1, 0.15) is 0 Å². The second-order valence-corrected chi connectivity index (χ2v) is 10.3. The molecule has 0 N–H and O–H groups in total. The number of piperidine rings is 1. The topological polar surface area (TPSA) is 71.5 Å². The van der Waals surface area contributed by atoms with E-state index in [0.29, 0.717) is 42.3 Å². The fraction of sp³-hybridized carbons (Fsp3) is 0.600. The first-order chi connectivity index (χ1) is 10.3. The highest BCUT2D eigenvalue weighted by Crippen LogP contribution is 2.29. The molecule has 0 saturated carbocycles. The Morgan fingerprint density at radius 3 is 2.55 bits per heavy atom. The van der Waals surface area contributed by atoms with Gasteiger partial charge in [-0.1, -0.05) is 6.92 Å². The monoisotopic (exact) mass is 343 g/mol. The van der Waals surface area contributed by atoms with Gasteiger partial charge in [-0.2, -0.15) is 4.31 Å². The smallest absolute Gasteiger partial charge is 0.224 e. The fourth-order valence-electron chi connectivity index (χ4n) is 3.15. The van der Waals surface area contributed by atoms with E-state index in [4.69, 9.17) is 0 Å². The Morgan fingerprint density at radius 1 is 1.18 bits per heavy atom. The van der Waals surface area contributed by atoms with E-state index in [1.807, 2.05) is 0 Å². The predicted octanol–water partition coefficient (Wildman–Crippen LogP) is 1.83. The number of rotatable bonds is 2. The highest BCUT2D eigenvalue weighted by molar-refractivity contribution is 7.91. The molecule has 0 spiro atoms. The summed E-state index contributed by atoms with van der Waals surface area (Å²) in [4.78, 5) is 0.517. The number of hydrogen-bond acceptors (Lipinski definition) is 4. The minimum atomic E-state index is -3.52. The van der Waals surface area contributed by atoms with Crippen LogP contribution in [0.4, 0.5) is 0 Å². The molecule has 0 bridgehead atoms. The molecule has 1 fully saturated rings. The molecule has 1 saturated heterocycles. The van der Waals surface area contributed by atoms with E-state index in [9.17, 15) is 16.8 Å². The van der Waals surface area contributed by atoms with E-state index in [0.717, 1.165) is 12.8 Å². The average Bonchev–Trinajstić information content (AvgIpc) is 2.47. The Hall–Kier alpha value is -0.920.